The quantitative estimate of drug-likeness (QED) is 0.788. The molecule has 9 heteroatoms. The van der Waals surface area contributed by atoms with Gasteiger partial charge >= 0.3 is 6.18 Å². The molecule has 6 nitrogen and oxygen atoms in total. The largest absolute Gasteiger partial charge is 0.416 e. The maximum absolute atomic E-state index is 13.0. The van der Waals surface area contributed by atoms with Crippen LogP contribution in [0.4, 0.5) is 13.2 Å². The minimum absolute atomic E-state index is 0.147. The van der Waals surface area contributed by atoms with Crippen molar-refractivity contribution >= 4 is 0 Å². The van der Waals surface area contributed by atoms with Crippen molar-refractivity contribution in [1.29, 1.82) is 0 Å². The van der Waals surface area contributed by atoms with Crippen molar-refractivity contribution in [2.45, 2.75) is 24.4 Å². The standard InChI is InChI=1S/C16H13F3N4O2/c1-23-11(8-12(24)21-23)13-20-14(22-25-13)15(5-6-15)9-3-2-4-10(7-9)16(17,18)19/h2-4,7-8H,5-6H2,1H3,(H,21,24). The molecule has 0 unspecified atom stereocenters. The summed E-state index contributed by atoms with van der Waals surface area (Å²) in [6, 6.07) is 6.52. The summed E-state index contributed by atoms with van der Waals surface area (Å²) in [6.45, 7) is 0. The Morgan fingerprint density at radius 1 is 1.28 bits per heavy atom. The fraction of sp³-hybridized carbons (Fsp3) is 0.312. The van der Waals surface area contributed by atoms with Crippen LogP contribution in [-0.2, 0) is 18.6 Å². The number of H-pyrrole nitrogens is 1. The van der Waals surface area contributed by atoms with Gasteiger partial charge in [-0.1, -0.05) is 23.4 Å². The van der Waals surface area contributed by atoms with E-state index in [4.69, 9.17) is 4.52 Å². The van der Waals surface area contributed by atoms with Gasteiger partial charge in [0.15, 0.2) is 5.82 Å². The molecule has 0 spiro atoms. The van der Waals surface area contributed by atoms with E-state index in [2.05, 4.69) is 15.2 Å². The average Bonchev–Trinajstić information content (AvgIpc) is 3.09. The second kappa shape index (κ2) is 5.08. The molecule has 25 heavy (non-hydrogen) atoms. The summed E-state index contributed by atoms with van der Waals surface area (Å²) >= 11 is 0. The van der Waals surface area contributed by atoms with Crippen LogP contribution in [0.5, 0.6) is 0 Å². The highest BCUT2D eigenvalue weighted by Gasteiger charge is 2.50. The lowest BCUT2D eigenvalue weighted by Crippen LogP contribution is -2.13. The van der Waals surface area contributed by atoms with Gasteiger partial charge in [-0.2, -0.15) is 18.2 Å². The number of nitrogens with zero attached hydrogens (tertiary/aromatic N) is 3. The van der Waals surface area contributed by atoms with E-state index in [0.717, 1.165) is 12.1 Å². The van der Waals surface area contributed by atoms with Gasteiger partial charge in [0.25, 0.3) is 11.4 Å². The minimum Gasteiger partial charge on any atom is -0.332 e. The number of aromatic nitrogens is 4. The molecule has 1 fully saturated rings. The number of benzene rings is 1. The van der Waals surface area contributed by atoms with Crippen LogP contribution in [0.15, 0.2) is 39.6 Å². The van der Waals surface area contributed by atoms with E-state index in [1.54, 1.807) is 13.1 Å². The zero-order chi connectivity index (χ0) is 17.8. The van der Waals surface area contributed by atoms with E-state index in [0.29, 0.717) is 29.9 Å². The average molecular weight is 350 g/mol. The van der Waals surface area contributed by atoms with Crippen LogP contribution >= 0.6 is 0 Å². The molecule has 2 aromatic heterocycles. The lowest BCUT2D eigenvalue weighted by Gasteiger charge is -2.14. The Morgan fingerprint density at radius 2 is 2.04 bits per heavy atom. The van der Waals surface area contributed by atoms with Gasteiger partial charge in [-0.25, -0.2) is 0 Å². The molecule has 0 atom stereocenters. The number of aromatic amines is 1. The van der Waals surface area contributed by atoms with Crippen LogP contribution < -0.4 is 5.56 Å². The Hall–Kier alpha value is -2.84. The fourth-order valence-corrected chi connectivity index (χ4v) is 2.97. The first kappa shape index (κ1) is 15.7. The lowest BCUT2D eigenvalue weighted by molar-refractivity contribution is -0.137. The highest BCUT2D eigenvalue weighted by Crippen LogP contribution is 2.53. The number of halogens is 3. The third kappa shape index (κ3) is 2.55. The summed E-state index contributed by atoms with van der Waals surface area (Å²) in [6.07, 6.45) is -3.13. The fourth-order valence-electron chi connectivity index (χ4n) is 2.97. The minimum atomic E-state index is -4.40. The van der Waals surface area contributed by atoms with Crippen molar-refractivity contribution in [3.63, 3.8) is 0 Å². The molecule has 0 saturated heterocycles. The van der Waals surface area contributed by atoms with Gasteiger partial charge < -0.3 is 4.52 Å². The molecule has 2 heterocycles. The Bertz CT molecular complexity index is 995. The van der Waals surface area contributed by atoms with Gasteiger partial charge in [-0.05, 0) is 24.5 Å². The van der Waals surface area contributed by atoms with Crippen molar-refractivity contribution in [1.82, 2.24) is 19.9 Å². The molecular weight excluding hydrogens is 337 g/mol. The van der Waals surface area contributed by atoms with Crippen LogP contribution in [0, 0.1) is 0 Å². The molecule has 1 N–H and O–H groups in total. The number of aryl methyl sites for hydroxylation is 1. The number of hydrogen-bond acceptors (Lipinski definition) is 4. The Labute approximate surface area is 139 Å². The number of hydrogen-bond donors (Lipinski definition) is 1. The molecule has 0 radical (unpaired) electrons. The molecule has 1 aliphatic carbocycles. The Morgan fingerprint density at radius 3 is 2.64 bits per heavy atom. The van der Waals surface area contributed by atoms with Crippen LogP contribution in [0.25, 0.3) is 11.6 Å². The summed E-state index contributed by atoms with van der Waals surface area (Å²) in [5.74, 6) is 0.476. The zero-order valence-corrected chi connectivity index (χ0v) is 13.1. The van der Waals surface area contributed by atoms with Crippen LogP contribution in [0.1, 0.15) is 29.8 Å². The van der Waals surface area contributed by atoms with E-state index in [9.17, 15) is 18.0 Å². The lowest BCUT2D eigenvalue weighted by atomic mass is 9.93. The van der Waals surface area contributed by atoms with Gasteiger partial charge in [0, 0.05) is 13.1 Å². The van der Waals surface area contributed by atoms with E-state index in [1.165, 1.54) is 16.8 Å². The normalized spacial score (nSPS) is 16.2. The van der Waals surface area contributed by atoms with Crippen LogP contribution in [0.3, 0.4) is 0 Å². The van der Waals surface area contributed by atoms with Crippen molar-refractivity contribution < 1.29 is 17.7 Å². The maximum Gasteiger partial charge on any atom is 0.416 e. The number of rotatable bonds is 3. The SMILES string of the molecule is Cn1[nH]c(=O)cc1-c1nc(C2(c3cccc(C(F)(F)F)c3)CC2)no1. The van der Waals surface area contributed by atoms with Crippen LogP contribution in [0.2, 0.25) is 0 Å². The summed E-state index contributed by atoms with van der Waals surface area (Å²) in [5.41, 5.74) is -0.747. The van der Waals surface area contributed by atoms with E-state index in [-0.39, 0.29) is 11.4 Å². The predicted molar refractivity (Wildman–Crippen MR) is 80.8 cm³/mol. The van der Waals surface area contributed by atoms with E-state index >= 15 is 0 Å². The third-order valence-corrected chi connectivity index (χ3v) is 4.47. The molecule has 3 aromatic rings. The van der Waals surface area contributed by atoms with Crippen molar-refractivity contribution in [2.24, 2.45) is 7.05 Å². The van der Waals surface area contributed by atoms with Crippen molar-refractivity contribution in [3.8, 4) is 11.6 Å². The highest BCUT2D eigenvalue weighted by molar-refractivity contribution is 5.48. The molecule has 1 aliphatic rings. The first-order valence-electron chi connectivity index (χ1n) is 7.58. The summed E-state index contributed by atoms with van der Waals surface area (Å²) < 4.78 is 45.6. The Balaban J connectivity index is 1.73. The van der Waals surface area contributed by atoms with Gasteiger partial charge in [0.05, 0.1) is 11.0 Å². The molecule has 0 amide bonds. The van der Waals surface area contributed by atoms with Crippen molar-refractivity contribution in [2.75, 3.05) is 0 Å². The van der Waals surface area contributed by atoms with Gasteiger partial charge in [0.2, 0.25) is 0 Å². The van der Waals surface area contributed by atoms with Gasteiger partial charge in [-0.3, -0.25) is 14.6 Å². The molecule has 1 saturated carbocycles. The zero-order valence-electron chi connectivity index (χ0n) is 13.1. The second-order valence-corrected chi connectivity index (χ2v) is 6.15. The van der Waals surface area contributed by atoms with Crippen LogP contribution in [-0.4, -0.2) is 19.9 Å². The summed E-state index contributed by atoms with van der Waals surface area (Å²) in [5, 5.41) is 6.48. The molecule has 0 bridgehead atoms. The number of alkyl halides is 3. The molecule has 0 aliphatic heterocycles. The Kier molecular flexibility index (Phi) is 3.18. The molecule has 130 valence electrons. The summed E-state index contributed by atoms with van der Waals surface area (Å²) in [4.78, 5) is 15.7. The highest BCUT2D eigenvalue weighted by atomic mass is 19.4. The molecule has 1 aromatic carbocycles. The molecule has 4 rings (SSSR count). The predicted octanol–water partition coefficient (Wildman–Crippen LogP) is 2.86. The second-order valence-electron chi connectivity index (χ2n) is 6.15. The maximum atomic E-state index is 13.0. The summed E-state index contributed by atoms with van der Waals surface area (Å²) in [7, 11) is 1.63. The smallest absolute Gasteiger partial charge is 0.332 e. The number of nitrogens with one attached hydrogen (secondary N) is 1. The van der Waals surface area contributed by atoms with E-state index < -0.39 is 17.2 Å². The third-order valence-electron chi connectivity index (χ3n) is 4.47. The van der Waals surface area contributed by atoms with Crippen molar-refractivity contribution in [3.05, 3.63) is 57.6 Å². The van der Waals surface area contributed by atoms with E-state index in [1.807, 2.05) is 0 Å². The topological polar surface area (TPSA) is 76.7 Å². The first-order chi connectivity index (χ1) is 11.8. The van der Waals surface area contributed by atoms with Gasteiger partial charge in [0.1, 0.15) is 5.69 Å². The molecular formula is C16H13F3N4O2. The first-order valence-corrected chi connectivity index (χ1v) is 7.58. The van der Waals surface area contributed by atoms with Gasteiger partial charge in [-0.15, -0.1) is 0 Å². The monoisotopic (exact) mass is 350 g/mol.